The van der Waals surface area contributed by atoms with Gasteiger partial charge in [0, 0.05) is 6.04 Å². The molecule has 0 aromatic heterocycles. The van der Waals surface area contributed by atoms with Crippen molar-refractivity contribution in [1.82, 2.24) is 0 Å². The van der Waals surface area contributed by atoms with E-state index < -0.39 is 0 Å². The fraction of sp³-hybridized carbons (Fsp3) is 0.571. The Morgan fingerprint density at radius 2 is 2.24 bits per heavy atom. The van der Waals surface area contributed by atoms with Crippen LogP contribution in [0.1, 0.15) is 31.7 Å². The molecule has 17 heavy (non-hydrogen) atoms. The van der Waals surface area contributed by atoms with E-state index in [2.05, 4.69) is 6.92 Å². The van der Waals surface area contributed by atoms with Gasteiger partial charge in [0.2, 0.25) is 0 Å². The van der Waals surface area contributed by atoms with Crippen LogP contribution in [0, 0.1) is 17.7 Å². The van der Waals surface area contributed by atoms with Crippen molar-refractivity contribution in [2.45, 2.75) is 38.6 Å². The van der Waals surface area contributed by atoms with E-state index in [0.29, 0.717) is 12.3 Å². The molecule has 1 aliphatic rings. The van der Waals surface area contributed by atoms with Gasteiger partial charge in [0.05, 0.1) is 5.02 Å². The molecular formula is C14H19ClFN. The predicted octanol–water partition coefficient (Wildman–Crippen LogP) is 3.79. The number of hydrogen-bond acceptors (Lipinski definition) is 1. The summed E-state index contributed by atoms with van der Waals surface area (Å²) in [6.45, 7) is 2.27. The van der Waals surface area contributed by atoms with E-state index in [-0.39, 0.29) is 16.9 Å². The van der Waals surface area contributed by atoms with E-state index in [1.54, 1.807) is 6.07 Å². The Morgan fingerprint density at radius 3 is 2.88 bits per heavy atom. The molecule has 0 aliphatic heterocycles. The average Bonchev–Trinajstić information content (AvgIpc) is 2.72. The molecule has 94 valence electrons. The maximum absolute atomic E-state index is 13.3. The summed E-state index contributed by atoms with van der Waals surface area (Å²) in [7, 11) is 0. The van der Waals surface area contributed by atoms with Crippen LogP contribution in [0.2, 0.25) is 5.02 Å². The van der Waals surface area contributed by atoms with Crippen molar-refractivity contribution in [2.75, 3.05) is 0 Å². The molecule has 1 nitrogen and oxygen atoms in total. The first-order valence-corrected chi connectivity index (χ1v) is 6.64. The van der Waals surface area contributed by atoms with Gasteiger partial charge in [-0.15, -0.1) is 0 Å². The molecule has 0 bridgehead atoms. The van der Waals surface area contributed by atoms with Gasteiger partial charge in [0.1, 0.15) is 5.82 Å². The SMILES string of the molecule is CC1CCC(C(N)Cc2cccc(F)c2Cl)C1. The van der Waals surface area contributed by atoms with Crippen LogP contribution in [0.5, 0.6) is 0 Å². The molecule has 3 atom stereocenters. The molecule has 0 spiro atoms. The Morgan fingerprint density at radius 1 is 1.47 bits per heavy atom. The third kappa shape index (κ3) is 2.99. The van der Waals surface area contributed by atoms with Crippen LogP contribution in [0.15, 0.2) is 18.2 Å². The second-order valence-corrected chi connectivity index (χ2v) is 5.64. The molecule has 3 unspecified atom stereocenters. The van der Waals surface area contributed by atoms with Gasteiger partial charge in [0.25, 0.3) is 0 Å². The van der Waals surface area contributed by atoms with Gasteiger partial charge < -0.3 is 5.73 Å². The molecule has 1 fully saturated rings. The zero-order valence-electron chi connectivity index (χ0n) is 10.1. The Hall–Kier alpha value is -0.600. The highest BCUT2D eigenvalue weighted by atomic mass is 35.5. The van der Waals surface area contributed by atoms with Crippen LogP contribution < -0.4 is 5.73 Å². The maximum atomic E-state index is 13.3. The molecule has 0 heterocycles. The summed E-state index contributed by atoms with van der Waals surface area (Å²) in [5.74, 6) is 0.981. The second kappa shape index (κ2) is 5.36. The lowest BCUT2D eigenvalue weighted by atomic mass is 9.92. The van der Waals surface area contributed by atoms with Gasteiger partial charge in [0.15, 0.2) is 0 Å². The topological polar surface area (TPSA) is 26.0 Å². The fourth-order valence-corrected chi connectivity index (χ4v) is 2.97. The molecule has 1 saturated carbocycles. The maximum Gasteiger partial charge on any atom is 0.142 e. The summed E-state index contributed by atoms with van der Waals surface area (Å²) in [4.78, 5) is 0. The highest BCUT2D eigenvalue weighted by Crippen LogP contribution is 2.33. The van der Waals surface area contributed by atoms with Crippen molar-refractivity contribution in [3.05, 3.63) is 34.6 Å². The van der Waals surface area contributed by atoms with Gasteiger partial charge in [-0.2, -0.15) is 0 Å². The minimum Gasteiger partial charge on any atom is -0.327 e. The number of hydrogen-bond donors (Lipinski definition) is 1. The Balaban J connectivity index is 2.03. The normalized spacial score (nSPS) is 26.1. The van der Waals surface area contributed by atoms with Crippen molar-refractivity contribution < 1.29 is 4.39 Å². The highest BCUT2D eigenvalue weighted by Gasteiger charge is 2.27. The number of rotatable bonds is 3. The fourth-order valence-electron chi connectivity index (χ4n) is 2.77. The van der Waals surface area contributed by atoms with Crippen molar-refractivity contribution >= 4 is 11.6 Å². The lowest BCUT2D eigenvalue weighted by molar-refractivity contribution is 0.415. The lowest BCUT2D eigenvalue weighted by Gasteiger charge is -2.19. The first kappa shape index (κ1) is 12.8. The molecule has 1 aliphatic carbocycles. The van der Waals surface area contributed by atoms with Crippen molar-refractivity contribution in [2.24, 2.45) is 17.6 Å². The van der Waals surface area contributed by atoms with E-state index in [0.717, 1.165) is 11.5 Å². The summed E-state index contributed by atoms with van der Waals surface area (Å²) in [6, 6.07) is 5.04. The summed E-state index contributed by atoms with van der Waals surface area (Å²) >= 11 is 5.94. The molecule has 1 aromatic rings. The van der Waals surface area contributed by atoms with Crippen LogP contribution in [0.3, 0.4) is 0 Å². The second-order valence-electron chi connectivity index (χ2n) is 5.26. The molecule has 2 rings (SSSR count). The Labute approximate surface area is 107 Å². The van der Waals surface area contributed by atoms with Gasteiger partial charge in [-0.05, 0) is 42.7 Å². The third-order valence-corrected chi connectivity index (χ3v) is 4.25. The van der Waals surface area contributed by atoms with E-state index >= 15 is 0 Å². The monoisotopic (exact) mass is 255 g/mol. The first-order valence-electron chi connectivity index (χ1n) is 6.26. The Kier molecular flexibility index (Phi) is 4.05. The number of benzene rings is 1. The molecule has 0 radical (unpaired) electrons. The minimum atomic E-state index is -0.351. The van der Waals surface area contributed by atoms with Crippen molar-refractivity contribution in [1.29, 1.82) is 0 Å². The number of nitrogens with two attached hydrogens (primary N) is 1. The van der Waals surface area contributed by atoms with E-state index in [4.69, 9.17) is 17.3 Å². The van der Waals surface area contributed by atoms with Crippen LogP contribution in [0.25, 0.3) is 0 Å². The predicted molar refractivity (Wildman–Crippen MR) is 69.6 cm³/mol. The van der Waals surface area contributed by atoms with Crippen molar-refractivity contribution in [3.8, 4) is 0 Å². The van der Waals surface area contributed by atoms with Crippen LogP contribution in [-0.2, 0) is 6.42 Å². The zero-order valence-corrected chi connectivity index (χ0v) is 10.9. The minimum absolute atomic E-state index is 0.0965. The average molecular weight is 256 g/mol. The lowest BCUT2D eigenvalue weighted by Crippen LogP contribution is -2.31. The largest absolute Gasteiger partial charge is 0.327 e. The summed E-state index contributed by atoms with van der Waals surface area (Å²) in [5.41, 5.74) is 7.04. The molecule has 3 heteroatoms. The molecule has 0 saturated heterocycles. The third-order valence-electron chi connectivity index (χ3n) is 3.83. The van der Waals surface area contributed by atoms with Gasteiger partial charge >= 0.3 is 0 Å². The van der Waals surface area contributed by atoms with E-state index in [1.807, 2.05) is 6.07 Å². The van der Waals surface area contributed by atoms with Crippen molar-refractivity contribution in [3.63, 3.8) is 0 Å². The number of halogens is 2. The smallest absolute Gasteiger partial charge is 0.142 e. The standard InChI is InChI=1S/C14H19ClFN/c1-9-5-6-10(7-9)13(17)8-11-3-2-4-12(16)14(11)15/h2-4,9-10,13H,5-8,17H2,1H3. The quantitative estimate of drug-likeness (QED) is 0.874. The molecule has 0 amide bonds. The summed E-state index contributed by atoms with van der Waals surface area (Å²) < 4.78 is 13.3. The van der Waals surface area contributed by atoms with Crippen LogP contribution >= 0.6 is 11.6 Å². The molecule has 1 aromatic carbocycles. The van der Waals surface area contributed by atoms with E-state index in [1.165, 1.54) is 25.3 Å². The summed E-state index contributed by atoms with van der Waals surface area (Å²) in [6.07, 6.45) is 4.31. The molecule has 2 N–H and O–H groups in total. The van der Waals surface area contributed by atoms with Gasteiger partial charge in [-0.1, -0.05) is 37.1 Å². The van der Waals surface area contributed by atoms with E-state index in [9.17, 15) is 4.39 Å². The Bertz CT molecular complexity index is 394. The first-order chi connectivity index (χ1) is 8.08. The van der Waals surface area contributed by atoms with Gasteiger partial charge in [-0.25, -0.2) is 4.39 Å². The highest BCUT2D eigenvalue weighted by molar-refractivity contribution is 6.31. The zero-order chi connectivity index (χ0) is 12.4. The van der Waals surface area contributed by atoms with Gasteiger partial charge in [-0.3, -0.25) is 0 Å². The van der Waals surface area contributed by atoms with Crippen LogP contribution in [-0.4, -0.2) is 6.04 Å². The summed E-state index contributed by atoms with van der Waals surface area (Å²) in [5, 5.41) is 0.231. The molecular weight excluding hydrogens is 237 g/mol. The van der Waals surface area contributed by atoms with Crippen LogP contribution in [0.4, 0.5) is 4.39 Å².